The minimum atomic E-state index is -0.854. The van der Waals surface area contributed by atoms with E-state index in [0.29, 0.717) is 36.0 Å². The summed E-state index contributed by atoms with van der Waals surface area (Å²) in [6.07, 6.45) is 1.92. The van der Waals surface area contributed by atoms with Crippen molar-refractivity contribution in [1.29, 1.82) is 0 Å². The molecule has 9 nitrogen and oxygen atoms in total. The van der Waals surface area contributed by atoms with Crippen molar-refractivity contribution in [2.75, 3.05) is 0 Å². The first-order chi connectivity index (χ1) is 13.8. The molecule has 3 N–H and O–H groups in total. The normalized spacial score (nSPS) is 26.3. The Kier molecular flexibility index (Phi) is 4.81. The number of fused-ring (bicyclic) bond motifs is 1. The second-order valence-corrected chi connectivity index (χ2v) is 7.75. The number of nitrogens with one attached hydrogen (secondary N) is 2. The van der Waals surface area contributed by atoms with Gasteiger partial charge in [0, 0.05) is 30.1 Å². The topological polar surface area (TPSA) is 133 Å². The third-order valence-corrected chi connectivity index (χ3v) is 5.94. The third kappa shape index (κ3) is 3.48. The largest absolute Gasteiger partial charge is 0.481 e. The van der Waals surface area contributed by atoms with Crippen molar-refractivity contribution in [3.63, 3.8) is 0 Å². The number of carbonyl (C=O) groups is 5. The molecule has 1 saturated carbocycles. The van der Waals surface area contributed by atoms with Gasteiger partial charge in [0.2, 0.25) is 11.8 Å². The molecule has 1 aromatic carbocycles. The van der Waals surface area contributed by atoms with Gasteiger partial charge >= 0.3 is 5.97 Å². The molecular formula is C20H21N3O6. The Morgan fingerprint density at radius 2 is 1.93 bits per heavy atom. The number of hydrogen-bond acceptors (Lipinski definition) is 5. The van der Waals surface area contributed by atoms with Gasteiger partial charge in [0.05, 0.1) is 5.92 Å². The van der Waals surface area contributed by atoms with E-state index in [1.165, 1.54) is 4.90 Å². The lowest BCUT2D eigenvalue weighted by atomic mass is 10.0. The fourth-order valence-electron chi connectivity index (χ4n) is 4.40. The summed E-state index contributed by atoms with van der Waals surface area (Å²) in [7, 11) is 0. The fourth-order valence-corrected chi connectivity index (χ4v) is 4.40. The van der Waals surface area contributed by atoms with Crippen LogP contribution in [-0.2, 0) is 20.9 Å². The summed E-state index contributed by atoms with van der Waals surface area (Å²) in [5.74, 6) is -2.85. The minimum absolute atomic E-state index is 0.118. The number of imide groups is 1. The Labute approximate surface area is 166 Å². The average Bonchev–Trinajstić information content (AvgIpc) is 3.27. The number of hydrogen-bond donors (Lipinski definition) is 3. The van der Waals surface area contributed by atoms with Crippen LogP contribution in [0.25, 0.3) is 0 Å². The lowest BCUT2D eigenvalue weighted by Crippen LogP contribution is -2.52. The van der Waals surface area contributed by atoms with Gasteiger partial charge in [-0.2, -0.15) is 0 Å². The zero-order valence-electron chi connectivity index (χ0n) is 15.6. The van der Waals surface area contributed by atoms with Crippen LogP contribution in [0, 0.1) is 5.92 Å². The number of carbonyl (C=O) groups excluding carboxylic acids is 4. The molecule has 2 aliphatic heterocycles. The molecule has 1 saturated heterocycles. The molecule has 4 amide bonds. The van der Waals surface area contributed by atoms with E-state index in [4.69, 9.17) is 5.11 Å². The maximum atomic E-state index is 12.8. The lowest BCUT2D eigenvalue weighted by molar-refractivity contribution is -0.141. The summed E-state index contributed by atoms with van der Waals surface area (Å²) >= 11 is 0. The second kappa shape index (κ2) is 7.31. The highest BCUT2D eigenvalue weighted by atomic mass is 16.4. The zero-order chi connectivity index (χ0) is 20.7. The first kappa shape index (κ1) is 19.1. The van der Waals surface area contributed by atoms with E-state index >= 15 is 0 Å². The van der Waals surface area contributed by atoms with Crippen molar-refractivity contribution >= 4 is 29.6 Å². The molecule has 4 rings (SSSR count). The number of piperidine rings is 1. The maximum absolute atomic E-state index is 12.8. The van der Waals surface area contributed by atoms with Gasteiger partial charge in [-0.3, -0.25) is 29.3 Å². The highest BCUT2D eigenvalue weighted by molar-refractivity contribution is 6.07. The molecule has 0 aromatic heterocycles. The van der Waals surface area contributed by atoms with Crippen LogP contribution >= 0.6 is 0 Å². The molecule has 0 bridgehead atoms. The first-order valence-electron chi connectivity index (χ1n) is 9.65. The molecule has 2 fully saturated rings. The van der Waals surface area contributed by atoms with E-state index in [1.807, 2.05) is 0 Å². The van der Waals surface area contributed by atoms with Crippen LogP contribution < -0.4 is 10.6 Å². The molecule has 1 unspecified atom stereocenters. The quantitative estimate of drug-likeness (QED) is 0.629. The summed E-state index contributed by atoms with van der Waals surface area (Å²) in [5, 5.41) is 14.3. The van der Waals surface area contributed by atoms with Gasteiger partial charge in [-0.1, -0.05) is 6.07 Å². The summed E-state index contributed by atoms with van der Waals surface area (Å²) in [6, 6.07) is 3.90. The molecule has 2 heterocycles. The number of aliphatic carboxylic acids is 1. The summed E-state index contributed by atoms with van der Waals surface area (Å²) in [6.45, 7) is 0.118. The number of benzene rings is 1. The smallest absolute Gasteiger partial charge is 0.306 e. The molecule has 0 radical (unpaired) electrons. The molecule has 29 heavy (non-hydrogen) atoms. The standard InChI is InChI=1S/C20H21N3O6/c24-16-7-6-15(18(26)22-16)23-9-14-12(2-1-3-13(14)19(23)27)17(25)21-11-5-4-10(8-11)20(28)29/h1-3,10-11,15H,4-9H2,(H,21,25)(H,28,29)(H,22,24,26)/t10-,11+,15?/m1/s1. The predicted molar refractivity (Wildman–Crippen MR) is 98.7 cm³/mol. The fraction of sp³-hybridized carbons (Fsp3) is 0.450. The van der Waals surface area contributed by atoms with E-state index in [-0.39, 0.29) is 43.1 Å². The van der Waals surface area contributed by atoms with Gasteiger partial charge in [-0.05, 0) is 43.4 Å². The Hall–Kier alpha value is -3.23. The highest BCUT2D eigenvalue weighted by Crippen LogP contribution is 2.31. The van der Waals surface area contributed by atoms with Crippen molar-refractivity contribution in [2.24, 2.45) is 5.92 Å². The number of carboxylic acid groups (broad SMARTS) is 1. The van der Waals surface area contributed by atoms with E-state index in [2.05, 4.69) is 10.6 Å². The van der Waals surface area contributed by atoms with Crippen LogP contribution in [-0.4, -0.2) is 51.7 Å². The average molecular weight is 399 g/mol. The van der Waals surface area contributed by atoms with Crippen LogP contribution in [0.15, 0.2) is 18.2 Å². The minimum Gasteiger partial charge on any atom is -0.481 e. The van der Waals surface area contributed by atoms with Crippen molar-refractivity contribution in [2.45, 2.75) is 50.7 Å². The summed E-state index contributed by atoms with van der Waals surface area (Å²) in [5.41, 5.74) is 1.27. The Morgan fingerprint density at radius 1 is 1.14 bits per heavy atom. The van der Waals surface area contributed by atoms with Gasteiger partial charge in [0.25, 0.3) is 11.8 Å². The van der Waals surface area contributed by atoms with Crippen LogP contribution in [0.1, 0.15) is 58.4 Å². The molecule has 152 valence electrons. The molecular weight excluding hydrogens is 378 g/mol. The molecule has 3 aliphatic rings. The van der Waals surface area contributed by atoms with Crippen LogP contribution in [0.4, 0.5) is 0 Å². The molecule has 3 atom stereocenters. The van der Waals surface area contributed by atoms with Gasteiger partial charge in [-0.25, -0.2) is 0 Å². The second-order valence-electron chi connectivity index (χ2n) is 7.75. The summed E-state index contributed by atoms with van der Waals surface area (Å²) < 4.78 is 0. The van der Waals surface area contributed by atoms with Gasteiger partial charge in [0.15, 0.2) is 0 Å². The first-order valence-corrected chi connectivity index (χ1v) is 9.65. The summed E-state index contributed by atoms with van der Waals surface area (Å²) in [4.78, 5) is 61.7. The third-order valence-electron chi connectivity index (χ3n) is 5.94. The van der Waals surface area contributed by atoms with Gasteiger partial charge in [0.1, 0.15) is 6.04 Å². The van der Waals surface area contributed by atoms with E-state index in [9.17, 15) is 24.0 Å². The number of nitrogens with zero attached hydrogens (tertiary/aromatic N) is 1. The van der Waals surface area contributed by atoms with Gasteiger partial charge < -0.3 is 15.3 Å². The monoisotopic (exact) mass is 399 g/mol. The number of amides is 4. The number of carboxylic acids is 1. The Morgan fingerprint density at radius 3 is 2.62 bits per heavy atom. The van der Waals surface area contributed by atoms with E-state index in [0.717, 1.165) is 0 Å². The van der Waals surface area contributed by atoms with Crippen LogP contribution in [0.5, 0.6) is 0 Å². The number of rotatable bonds is 4. The SMILES string of the molecule is O=C1CCC(N2Cc3c(C(=O)N[C@H]4CC[C@@H](C(=O)O)C4)cccc3C2=O)C(=O)N1. The maximum Gasteiger partial charge on any atom is 0.306 e. The highest BCUT2D eigenvalue weighted by Gasteiger charge is 2.40. The van der Waals surface area contributed by atoms with E-state index in [1.54, 1.807) is 18.2 Å². The molecule has 1 aliphatic carbocycles. The van der Waals surface area contributed by atoms with Crippen molar-refractivity contribution < 1.29 is 29.1 Å². The Bertz CT molecular complexity index is 927. The van der Waals surface area contributed by atoms with Crippen molar-refractivity contribution in [3.8, 4) is 0 Å². The molecule has 9 heteroatoms. The van der Waals surface area contributed by atoms with E-state index < -0.39 is 23.8 Å². The lowest BCUT2D eigenvalue weighted by Gasteiger charge is -2.29. The van der Waals surface area contributed by atoms with Crippen LogP contribution in [0.2, 0.25) is 0 Å². The molecule has 0 spiro atoms. The Balaban J connectivity index is 1.51. The van der Waals surface area contributed by atoms with Gasteiger partial charge in [-0.15, -0.1) is 0 Å². The molecule has 1 aromatic rings. The predicted octanol–water partition coefficient (Wildman–Crippen LogP) is 0.431. The zero-order valence-corrected chi connectivity index (χ0v) is 15.6. The van der Waals surface area contributed by atoms with Crippen molar-refractivity contribution in [1.82, 2.24) is 15.5 Å². The van der Waals surface area contributed by atoms with Crippen molar-refractivity contribution in [3.05, 3.63) is 34.9 Å². The van der Waals surface area contributed by atoms with Crippen LogP contribution in [0.3, 0.4) is 0 Å².